The molecule has 3 N–H and O–H groups in total. The van der Waals surface area contributed by atoms with Crippen LogP contribution in [-0.4, -0.2) is 15.3 Å². The summed E-state index contributed by atoms with van der Waals surface area (Å²) >= 11 is 2.95. The van der Waals surface area contributed by atoms with Gasteiger partial charge in [-0.25, -0.2) is 0 Å². The molecular formula is C7H5BrO3. The number of phenolic OH excluding ortho intramolecular Hbond substituents is 3. The van der Waals surface area contributed by atoms with Crippen molar-refractivity contribution in [1.82, 2.24) is 0 Å². The van der Waals surface area contributed by atoms with Crippen LogP contribution in [0.3, 0.4) is 0 Å². The second-order valence-corrected chi connectivity index (χ2v) is 3.29. The molecule has 1 aliphatic carbocycles. The Balaban J connectivity index is 2.78. The van der Waals surface area contributed by atoms with E-state index in [-0.39, 0.29) is 21.7 Å². The summed E-state index contributed by atoms with van der Waals surface area (Å²) in [5.74, 6) is -0.362. The van der Waals surface area contributed by atoms with E-state index in [1.165, 1.54) is 0 Å². The first-order chi connectivity index (χ1) is 5.13. The first kappa shape index (κ1) is 6.79. The summed E-state index contributed by atoms with van der Waals surface area (Å²) in [6, 6.07) is 0. The summed E-state index contributed by atoms with van der Waals surface area (Å²) in [5, 5.41) is 27.6. The smallest absolute Gasteiger partial charge is 0.176 e. The van der Waals surface area contributed by atoms with Crippen molar-refractivity contribution < 1.29 is 15.3 Å². The lowest BCUT2D eigenvalue weighted by molar-refractivity contribution is 0.394. The summed E-state index contributed by atoms with van der Waals surface area (Å²) in [6.07, 6.45) is 0.566. The summed E-state index contributed by atoms with van der Waals surface area (Å²) in [5.41, 5.74) is 1.36. The van der Waals surface area contributed by atoms with Crippen LogP contribution in [0.1, 0.15) is 11.1 Å². The molecule has 58 valence electrons. The maximum Gasteiger partial charge on any atom is 0.176 e. The average molecular weight is 217 g/mol. The van der Waals surface area contributed by atoms with E-state index in [0.717, 1.165) is 0 Å². The zero-order chi connectivity index (χ0) is 8.17. The highest BCUT2D eigenvalue weighted by Gasteiger charge is 2.31. The second kappa shape index (κ2) is 1.82. The fourth-order valence-electron chi connectivity index (χ4n) is 1.08. The van der Waals surface area contributed by atoms with E-state index in [0.29, 0.717) is 17.5 Å². The number of fused-ring (bicyclic) bond motifs is 1. The average Bonchev–Trinajstić information content (AvgIpc) is 2.76. The third kappa shape index (κ3) is 0.728. The van der Waals surface area contributed by atoms with Crippen LogP contribution in [0, 0.1) is 0 Å². The highest BCUT2D eigenvalue weighted by molar-refractivity contribution is 9.10. The van der Waals surface area contributed by atoms with Crippen LogP contribution >= 0.6 is 15.9 Å². The van der Waals surface area contributed by atoms with E-state index in [1.54, 1.807) is 0 Å². The van der Waals surface area contributed by atoms with Crippen molar-refractivity contribution in [3.8, 4) is 17.2 Å². The molecule has 0 saturated heterocycles. The molecule has 0 radical (unpaired) electrons. The largest absolute Gasteiger partial charge is 0.506 e. The monoisotopic (exact) mass is 216 g/mol. The fraction of sp³-hybridized carbons (Fsp3) is 0.143. The predicted octanol–water partition coefficient (Wildman–Crippen LogP) is 1.47. The molecule has 0 spiro atoms. The molecule has 0 amide bonds. The third-order valence-corrected chi connectivity index (χ3v) is 2.56. The van der Waals surface area contributed by atoms with Crippen LogP contribution in [0.4, 0.5) is 0 Å². The van der Waals surface area contributed by atoms with Gasteiger partial charge in [-0.3, -0.25) is 0 Å². The standard InChI is InChI=1S/C7H5BrO3/c8-4-5(9)2-1-3(2)6(10)7(4)11/h9-11H,1H2. The molecule has 1 aromatic rings. The van der Waals surface area contributed by atoms with Crippen LogP contribution in [-0.2, 0) is 6.42 Å². The molecule has 0 bridgehead atoms. The van der Waals surface area contributed by atoms with Crippen LogP contribution < -0.4 is 0 Å². The van der Waals surface area contributed by atoms with E-state index < -0.39 is 0 Å². The zero-order valence-electron chi connectivity index (χ0n) is 5.43. The minimum absolute atomic E-state index is 0.0373. The van der Waals surface area contributed by atoms with Gasteiger partial charge in [0.15, 0.2) is 11.5 Å². The molecule has 0 unspecified atom stereocenters. The van der Waals surface area contributed by atoms with Crippen LogP contribution in [0.2, 0.25) is 0 Å². The molecule has 0 atom stereocenters. The highest BCUT2D eigenvalue weighted by Crippen LogP contribution is 2.53. The summed E-state index contributed by atoms with van der Waals surface area (Å²) in [7, 11) is 0. The summed E-state index contributed by atoms with van der Waals surface area (Å²) in [6.45, 7) is 0. The first-order valence-electron chi connectivity index (χ1n) is 3.07. The second-order valence-electron chi connectivity index (χ2n) is 2.49. The van der Waals surface area contributed by atoms with Crippen molar-refractivity contribution in [2.75, 3.05) is 0 Å². The van der Waals surface area contributed by atoms with E-state index in [1.807, 2.05) is 0 Å². The van der Waals surface area contributed by atoms with E-state index in [4.69, 9.17) is 5.11 Å². The molecule has 0 aromatic heterocycles. The Hall–Kier alpha value is -0.900. The van der Waals surface area contributed by atoms with Crippen LogP contribution in [0.5, 0.6) is 17.2 Å². The minimum atomic E-state index is -0.279. The Bertz CT molecular complexity index is 313. The van der Waals surface area contributed by atoms with Gasteiger partial charge in [-0.1, -0.05) is 0 Å². The Morgan fingerprint density at radius 3 is 2.09 bits per heavy atom. The van der Waals surface area contributed by atoms with Crippen molar-refractivity contribution in [2.24, 2.45) is 0 Å². The fourth-order valence-corrected chi connectivity index (χ4v) is 1.50. The maximum absolute atomic E-state index is 9.25. The Morgan fingerprint density at radius 1 is 0.909 bits per heavy atom. The van der Waals surface area contributed by atoms with Gasteiger partial charge in [0.1, 0.15) is 10.2 Å². The third-order valence-electron chi connectivity index (χ3n) is 1.80. The zero-order valence-corrected chi connectivity index (χ0v) is 7.01. The van der Waals surface area contributed by atoms with Crippen molar-refractivity contribution in [3.05, 3.63) is 15.6 Å². The highest BCUT2D eigenvalue weighted by atomic mass is 79.9. The van der Waals surface area contributed by atoms with Gasteiger partial charge >= 0.3 is 0 Å². The topological polar surface area (TPSA) is 60.7 Å². The lowest BCUT2D eigenvalue weighted by atomic mass is 10.3. The molecule has 2 rings (SSSR count). The van der Waals surface area contributed by atoms with E-state index in [9.17, 15) is 10.2 Å². The van der Waals surface area contributed by atoms with Crippen LogP contribution in [0.15, 0.2) is 4.47 Å². The molecule has 0 saturated carbocycles. The lowest BCUT2D eigenvalue weighted by Crippen LogP contribution is -1.72. The van der Waals surface area contributed by atoms with Gasteiger partial charge < -0.3 is 15.3 Å². The molecule has 0 heterocycles. The Morgan fingerprint density at radius 2 is 1.45 bits per heavy atom. The molecular weight excluding hydrogens is 212 g/mol. The van der Waals surface area contributed by atoms with Gasteiger partial charge in [-0.05, 0) is 15.9 Å². The van der Waals surface area contributed by atoms with Gasteiger partial charge in [0, 0.05) is 17.5 Å². The minimum Gasteiger partial charge on any atom is -0.506 e. The number of aromatic hydroxyl groups is 3. The summed E-state index contributed by atoms with van der Waals surface area (Å²) < 4.78 is 0.172. The van der Waals surface area contributed by atoms with Gasteiger partial charge in [0.05, 0.1) is 0 Å². The van der Waals surface area contributed by atoms with Crippen molar-refractivity contribution in [1.29, 1.82) is 0 Å². The van der Waals surface area contributed by atoms with Crippen LogP contribution in [0.25, 0.3) is 0 Å². The predicted molar refractivity (Wildman–Crippen MR) is 41.9 cm³/mol. The lowest BCUT2D eigenvalue weighted by Gasteiger charge is -2.00. The number of halogens is 1. The summed E-state index contributed by atoms with van der Waals surface area (Å²) in [4.78, 5) is 0. The molecule has 11 heavy (non-hydrogen) atoms. The molecule has 0 aliphatic heterocycles. The van der Waals surface area contributed by atoms with Gasteiger partial charge in [-0.2, -0.15) is 0 Å². The van der Waals surface area contributed by atoms with Crippen molar-refractivity contribution in [2.45, 2.75) is 6.42 Å². The van der Waals surface area contributed by atoms with Gasteiger partial charge in [0.2, 0.25) is 0 Å². The quantitative estimate of drug-likeness (QED) is 0.462. The number of hydrogen-bond donors (Lipinski definition) is 3. The normalized spacial score (nSPS) is 12.8. The SMILES string of the molecule is Oc1c(O)c2c(c(O)c1Br)C2. The molecule has 1 aliphatic rings. The van der Waals surface area contributed by atoms with Crippen molar-refractivity contribution >= 4 is 15.9 Å². The van der Waals surface area contributed by atoms with E-state index in [2.05, 4.69) is 15.9 Å². The number of rotatable bonds is 0. The number of hydrogen-bond acceptors (Lipinski definition) is 3. The molecule has 4 heteroatoms. The first-order valence-corrected chi connectivity index (χ1v) is 3.86. The van der Waals surface area contributed by atoms with Gasteiger partial charge in [0.25, 0.3) is 0 Å². The Labute approximate surface area is 71.0 Å². The van der Waals surface area contributed by atoms with Crippen molar-refractivity contribution in [3.63, 3.8) is 0 Å². The molecule has 1 aromatic carbocycles. The Kier molecular flexibility index (Phi) is 1.12. The molecule has 0 fully saturated rings. The number of phenols is 3. The maximum atomic E-state index is 9.25. The number of benzene rings is 1. The van der Waals surface area contributed by atoms with Gasteiger partial charge in [-0.15, -0.1) is 0 Å². The van der Waals surface area contributed by atoms with E-state index >= 15 is 0 Å². The molecule has 3 nitrogen and oxygen atoms in total.